The largest absolute Gasteiger partial charge is 0.416 e. The molecule has 0 aliphatic carbocycles. The van der Waals surface area contributed by atoms with Crippen molar-refractivity contribution >= 4 is 23.2 Å². The van der Waals surface area contributed by atoms with Crippen LogP contribution in [0.15, 0.2) is 46.9 Å². The van der Waals surface area contributed by atoms with Gasteiger partial charge in [0.05, 0.1) is 10.0 Å². The molecule has 0 fully saturated rings. The van der Waals surface area contributed by atoms with Crippen LogP contribution in [0.4, 0.5) is 4.39 Å². The Morgan fingerprint density at radius 1 is 0.850 bits per heavy atom. The number of hydrogen-bond acceptors (Lipinski definition) is 3. The summed E-state index contributed by atoms with van der Waals surface area (Å²) in [6.07, 6.45) is 0. The van der Waals surface area contributed by atoms with Crippen LogP contribution in [0.5, 0.6) is 0 Å². The molecule has 0 amide bonds. The van der Waals surface area contributed by atoms with Crippen molar-refractivity contribution in [2.75, 3.05) is 0 Å². The number of rotatable bonds is 2. The fourth-order valence-corrected chi connectivity index (χ4v) is 2.01. The van der Waals surface area contributed by atoms with Crippen LogP contribution in [0.3, 0.4) is 0 Å². The van der Waals surface area contributed by atoms with Crippen LogP contribution < -0.4 is 0 Å². The fourth-order valence-electron chi connectivity index (χ4n) is 1.71. The first-order valence-corrected chi connectivity index (χ1v) is 6.44. The Hall–Kier alpha value is -1.91. The van der Waals surface area contributed by atoms with Crippen molar-refractivity contribution < 1.29 is 8.81 Å². The van der Waals surface area contributed by atoms with Gasteiger partial charge in [-0.2, -0.15) is 0 Å². The average molecular weight is 309 g/mol. The van der Waals surface area contributed by atoms with E-state index in [1.807, 2.05) is 0 Å². The van der Waals surface area contributed by atoms with Gasteiger partial charge in [-0.3, -0.25) is 0 Å². The molecule has 0 spiro atoms. The molecule has 0 bridgehead atoms. The number of benzene rings is 2. The van der Waals surface area contributed by atoms with E-state index in [1.54, 1.807) is 30.3 Å². The lowest BCUT2D eigenvalue weighted by molar-refractivity contribution is 0.582. The molecule has 0 aliphatic heterocycles. The van der Waals surface area contributed by atoms with Gasteiger partial charge in [-0.05, 0) is 36.4 Å². The zero-order valence-electron chi connectivity index (χ0n) is 9.98. The minimum atomic E-state index is -0.364. The average Bonchev–Trinajstić information content (AvgIpc) is 2.92. The van der Waals surface area contributed by atoms with E-state index >= 15 is 0 Å². The third-order valence-corrected chi connectivity index (χ3v) is 3.40. The predicted molar refractivity (Wildman–Crippen MR) is 75.1 cm³/mol. The van der Waals surface area contributed by atoms with E-state index in [2.05, 4.69) is 10.2 Å². The predicted octanol–water partition coefficient (Wildman–Crippen LogP) is 4.85. The Morgan fingerprint density at radius 2 is 1.55 bits per heavy atom. The summed E-state index contributed by atoms with van der Waals surface area (Å²) in [4.78, 5) is 0. The van der Waals surface area contributed by atoms with Crippen molar-refractivity contribution in [1.82, 2.24) is 10.2 Å². The monoisotopic (exact) mass is 308 g/mol. The third-order valence-electron chi connectivity index (χ3n) is 2.66. The van der Waals surface area contributed by atoms with Crippen molar-refractivity contribution in [2.45, 2.75) is 0 Å². The molecule has 0 N–H and O–H groups in total. The Balaban J connectivity index is 1.99. The van der Waals surface area contributed by atoms with E-state index < -0.39 is 0 Å². The summed E-state index contributed by atoms with van der Waals surface area (Å²) in [7, 11) is 0. The van der Waals surface area contributed by atoms with Crippen LogP contribution in [0, 0.1) is 5.82 Å². The van der Waals surface area contributed by atoms with Gasteiger partial charge >= 0.3 is 0 Å². The Bertz CT molecular complexity index is 773. The van der Waals surface area contributed by atoms with Crippen LogP contribution in [-0.4, -0.2) is 10.2 Å². The molecule has 0 saturated carbocycles. The van der Waals surface area contributed by atoms with Gasteiger partial charge in [0.15, 0.2) is 0 Å². The van der Waals surface area contributed by atoms with Crippen molar-refractivity contribution in [3.05, 3.63) is 58.3 Å². The van der Waals surface area contributed by atoms with Crippen LogP contribution in [0.2, 0.25) is 10.0 Å². The Labute approximate surface area is 124 Å². The van der Waals surface area contributed by atoms with E-state index in [9.17, 15) is 4.39 Å². The first kappa shape index (κ1) is 13.1. The highest BCUT2D eigenvalue weighted by Crippen LogP contribution is 2.29. The summed E-state index contributed by atoms with van der Waals surface area (Å²) < 4.78 is 18.7. The lowest BCUT2D eigenvalue weighted by Gasteiger charge is -1.98. The number of aromatic nitrogens is 2. The molecule has 2 aromatic carbocycles. The molecule has 0 atom stereocenters. The fraction of sp³-hybridized carbons (Fsp3) is 0. The van der Waals surface area contributed by atoms with Crippen molar-refractivity contribution in [2.24, 2.45) is 0 Å². The molecule has 0 aliphatic rings. The summed E-state index contributed by atoms with van der Waals surface area (Å²) in [5.41, 5.74) is 1.17. The first-order chi connectivity index (χ1) is 9.63. The number of halogens is 3. The molecule has 100 valence electrons. The van der Waals surface area contributed by atoms with Gasteiger partial charge in [0.2, 0.25) is 11.8 Å². The summed E-state index contributed by atoms with van der Waals surface area (Å²) in [5.74, 6) is 0.171. The second-order valence-electron chi connectivity index (χ2n) is 4.05. The van der Waals surface area contributed by atoms with Gasteiger partial charge < -0.3 is 4.42 Å². The standard InChI is InChI=1S/C14H7Cl2FN2O/c15-11-5-4-9(7-12(11)16)14-19-18-13(20-14)8-2-1-3-10(17)6-8/h1-7H. The summed E-state index contributed by atoms with van der Waals surface area (Å²) >= 11 is 11.8. The normalized spacial score (nSPS) is 10.8. The highest BCUT2D eigenvalue weighted by Gasteiger charge is 2.12. The van der Waals surface area contributed by atoms with Gasteiger partial charge in [0, 0.05) is 11.1 Å². The molecule has 0 saturated heterocycles. The number of hydrogen-bond donors (Lipinski definition) is 0. The van der Waals surface area contributed by atoms with Gasteiger partial charge in [-0.25, -0.2) is 4.39 Å². The third kappa shape index (κ3) is 2.53. The molecule has 6 heteroatoms. The van der Waals surface area contributed by atoms with Crippen molar-refractivity contribution in [1.29, 1.82) is 0 Å². The molecule has 1 heterocycles. The number of nitrogens with zero attached hydrogens (tertiary/aromatic N) is 2. The van der Waals surface area contributed by atoms with E-state index in [0.717, 1.165) is 0 Å². The topological polar surface area (TPSA) is 38.9 Å². The molecular weight excluding hydrogens is 302 g/mol. The summed E-state index contributed by atoms with van der Waals surface area (Å²) in [5, 5.41) is 8.66. The van der Waals surface area contributed by atoms with E-state index in [4.69, 9.17) is 27.6 Å². The zero-order valence-corrected chi connectivity index (χ0v) is 11.5. The Morgan fingerprint density at radius 3 is 2.20 bits per heavy atom. The van der Waals surface area contributed by atoms with Crippen LogP contribution in [0.1, 0.15) is 0 Å². The van der Waals surface area contributed by atoms with Gasteiger partial charge in [0.1, 0.15) is 5.82 Å². The molecule has 3 rings (SSSR count). The first-order valence-electron chi connectivity index (χ1n) is 5.68. The molecular formula is C14H7Cl2FN2O. The van der Waals surface area contributed by atoms with E-state index in [1.165, 1.54) is 12.1 Å². The van der Waals surface area contributed by atoms with Crippen molar-refractivity contribution in [3.63, 3.8) is 0 Å². The molecule has 3 nitrogen and oxygen atoms in total. The minimum Gasteiger partial charge on any atom is -0.416 e. The van der Waals surface area contributed by atoms with Crippen LogP contribution >= 0.6 is 23.2 Å². The molecule has 0 unspecified atom stereocenters. The molecule has 20 heavy (non-hydrogen) atoms. The summed E-state index contributed by atoms with van der Waals surface area (Å²) in [6.45, 7) is 0. The van der Waals surface area contributed by atoms with Crippen LogP contribution in [-0.2, 0) is 0 Å². The van der Waals surface area contributed by atoms with Gasteiger partial charge in [0.25, 0.3) is 0 Å². The molecule has 1 aromatic heterocycles. The lowest BCUT2D eigenvalue weighted by Crippen LogP contribution is -1.79. The summed E-state index contributed by atoms with van der Waals surface area (Å²) in [6, 6.07) is 10.9. The second-order valence-corrected chi connectivity index (χ2v) is 4.87. The van der Waals surface area contributed by atoms with E-state index in [0.29, 0.717) is 27.1 Å². The smallest absolute Gasteiger partial charge is 0.248 e. The van der Waals surface area contributed by atoms with Gasteiger partial charge in [-0.1, -0.05) is 29.3 Å². The highest BCUT2D eigenvalue weighted by atomic mass is 35.5. The SMILES string of the molecule is Fc1cccc(-c2nnc(-c3ccc(Cl)c(Cl)c3)o2)c1. The quantitative estimate of drug-likeness (QED) is 0.679. The Kier molecular flexibility index (Phi) is 3.42. The zero-order chi connectivity index (χ0) is 14.1. The second kappa shape index (κ2) is 5.23. The minimum absolute atomic E-state index is 0.241. The molecule has 3 aromatic rings. The van der Waals surface area contributed by atoms with Gasteiger partial charge in [-0.15, -0.1) is 10.2 Å². The maximum absolute atomic E-state index is 13.2. The van der Waals surface area contributed by atoms with E-state index in [-0.39, 0.29) is 11.7 Å². The van der Waals surface area contributed by atoms with Crippen LogP contribution in [0.25, 0.3) is 22.9 Å². The maximum Gasteiger partial charge on any atom is 0.248 e. The maximum atomic E-state index is 13.2. The molecule has 0 radical (unpaired) electrons. The van der Waals surface area contributed by atoms with Crippen molar-refractivity contribution in [3.8, 4) is 22.9 Å². The lowest BCUT2D eigenvalue weighted by atomic mass is 10.2. The highest BCUT2D eigenvalue weighted by molar-refractivity contribution is 6.42.